The Bertz CT molecular complexity index is 525. The highest BCUT2D eigenvalue weighted by Gasteiger charge is 2.11. The Labute approximate surface area is 112 Å². The molecule has 0 fully saturated rings. The van der Waals surface area contributed by atoms with E-state index in [-0.39, 0.29) is 5.82 Å². The van der Waals surface area contributed by atoms with E-state index in [1.807, 2.05) is 0 Å². The van der Waals surface area contributed by atoms with E-state index in [1.54, 1.807) is 18.2 Å². The van der Waals surface area contributed by atoms with Crippen molar-refractivity contribution in [2.75, 3.05) is 6.54 Å². The maximum atomic E-state index is 13.5. The second-order valence-corrected chi connectivity index (χ2v) is 4.70. The second kappa shape index (κ2) is 6.43. The molecule has 0 aliphatic rings. The van der Waals surface area contributed by atoms with Gasteiger partial charge in [-0.25, -0.2) is 4.39 Å². The maximum Gasteiger partial charge on any atom is 0.227 e. The lowest BCUT2D eigenvalue weighted by Crippen LogP contribution is -2.23. The average molecular weight is 263 g/mol. The van der Waals surface area contributed by atoms with Crippen molar-refractivity contribution in [1.29, 1.82) is 0 Å². The Kier molecular flexibility index (Phi) is 4.63. The number of hydrogen-bond donors (Lipinski definition) is 1. The van der Waals surface area contributed by atoms with Crippen molar-refractivity contribution in [2.24, 2.45) is 0 Å². The van der Waals surface area contributed by atoms with Crippen LogP contribution in [0.2, 0.25) is 0 Å². The molecule has 0 bridgehead atoms. The number of aryl methyl sites for hydroxylation is 1. The molecule has 0 saturated heterocycles. The molecule has 0 amide bonds. The van der Waals surface area contributed by atoms with Gasteiger partial charge in [-0.15, -0.1) is 0 Å². The molecule has 5 heteroatoms. The van der Waals surface area contributed by atoms with E-state index in [0.29, 0.717) is 29.7 Å². The summed E-state index contributed by atoms with van der Waals surface area (Å²) in [5.74, 6) is 0.519. The van der Waals surface area contributed by atoms with Gasteiger partial charge in [-0.3, -0.25) is 0 Å². The molecule has 2 rings (SSSR count). The molecule has 1 heterocycles. The van der Waals surface area contributed by atoms with Crippen molar-refractivity contribution in [3.63, 3.8) is 0 Å². The summed E-state index contributed by atoms with van der Waals surface area (Å²) >= 11 is 0. The monoisotopic (exact) mass is 263 g/mol. The van der Waals surface area contributed by atoms with Gasteiger partial charge in [0.05, 0.1) is 5.56 Å². The van der Waals surface area contributed by atoms with Crippen molar-refractivity contribution in [2.45, 2.75) is 32.7 Å². The molecule has 0 unspecified atom stereocenters. The third kappa shape index (κ3) is 3.86. The van der Waals surface area contributed by atoms with Gasteiger partial charge in [-0.1, -0.05) is 31.1 Å². The van der Waals surface area contributed by atoms with E-state index in [4.69, 9.17) is 4.52 Å². The SMILES string of the molecule is CC(C)NCCCc1nc(-c2ccccc2F)no1. The Hall–Kier alpha value is -1.75. The highest BCUT2D eigenvalue weighted by Crippen LogP contribution is 2.19. The van der Waals surface area contributed by atoms with Crippen LogP contribution in [-0.4, -0.2) is 22.7 Å². The Morgan fingerprint density at radius 1 is 1.32 bits per heavy atom. The molecule has 1 aromatic heterocycles. The van der Waals surface area contributed by atoms with Crippen LogP contribution in [0.3, 0.4) is 0 Å². The lowest BCUT2D eigenvalue weighted by atomic mass is 10.2. The number of aromatic nitrogens is 2. The van der Waals surface area contributed by atoms with Crippen molar-refractivity contribution in [3.8, 4) is 11.4 Å². The Morgan fingerprint density at radius 3 is 2.84 bits per heavy atom. The van der Waals surface area contributed by atoms with Crippen molar-refractivity contribution in [3.05, 3.63) is 36.0 Å². The molecule has 4 nitrogen and oxygen atoms in total. The largest absolute Gasteiger partial charge is 0.339 e. The van der Waals surface area contributed by atoms with E-state index in [9.17, 15) is 4.39 Å². The summed E-state index contributed by atoms with van der Waals surface area (Å²) in [6.45, 7) is 5.10. The molecular formula is C14H18FN3O. The number of benzene rings is 1. The Morgan fingerprint density at radius 2 is 2.11 bits per heavy atom. The van der Waals surface area contributed by atoms with Crippen molar-refractivity contribution >= 4 is 0 Å². The summed E-state index contributed by atoms with van der Waals surface area (Å²) in [5.41, 5.74) is 0.373. The number of nitrogens with one attached hydrogen (secondary N) is 1. The molecule has 0 radical (unpaired) electrons. The van der Waals surface area contributed by atoms with Crippen LogP contribution in [0.15, 0.2) is 28.8 Å². The topological polar surface area (TPSA) is 51.0 Å². The summed E-state index contributed by atoms with van der Waals surface area (Å²) in [7, 11) is 0. The molecule has 0 aliphatic heterocycles. The molecule has 0 spiro atoms. The van der Waals surface area contributed by atoms with E-state index in [2.05, 4.69) is 29.3 Å². The van der Waals surface area contributed by atoms with Crippen LogP contribution in [0, 0.1) is 5.82 Å². The maximum absolute atomic E-state index is 13.5. The summed E-state index contributed by atoms with van der Waals surface area (Å²) in [6.07, 6.45) is 1.61. The van der Waals surface area contributed by atoms with Gasteiger partial charge in [0.25, 0.3) is 0 Å². The highest BCUT2D eigenvalue weighted by molar-refractivity contribution is 5.54. The zero-order valence-corrected chi connectivity index (χ0v) is 11.2. The average Bonchev–Trinajstić information content (AvgIpc) is 2.83. The first-order valence-corrected chi connectivity index (χ1v) is 6.47. The molecular weight excluding hydrogens is 245 g/mol. The quantitative estimate of drug-likeness (QED) is 0.814. The molecule has 1 aromatic carbocycles. The van der Waals surface area contributed by atoms with Gasteiger partial charge in [-0.2, -0.15) is 4.98 Å². The molecule has 2 aromatic rings. The van der Waals surface area contributed by atoms with Crippen LogP contribution >= 0.6 is 0 Å². The molecule has 19 heavy (non-hydrogen) atoms. The molecule has 0 atom stereocenters. The van der Waals surface area contributed by atoms with E-state index in [1.165, 1.54) is 6.07 Å². The third-order valence-corrected chi connectivity index (χ3v) is 2.70. The van der Waals surface area contributed by atoms with Crippen LogP contribution in [0.5, 0.6) is 0 Å². The molecule has 0 aliphatic carbocycles. The standard InChI is InChI=1S/C14H18FN3O/c1-10(2)16-9-5-8-13-17-14(18-19-13)11-6-3-4-7-12(11)15/h3-4,6-7,10,16H,5,8-9H2,1-2H3. The fourth-order valence-corrected chi connectivity index (χ4v) is 1.74. The predicted octanol–water partition coefficient (Wildman–Crippen LogP) is 2.81. The minimum absolute atomic E-state index is 0.310. The Balaban J connectivity index is 1.94. The summed E-state index contributed by atoms with van der Waals surface area (Å²) in [4.78, 5) is 4.21. The smallest absolute Gasteiger partial charge is 0.227 e. The second-order valence-electron chi connectivity index (χ2n) is 4.70. The highest BCUT2D eigenvalue weighted by atomic mass is 19.1. The van der Waals surface area contributed by atoms with Crippen LogP contribution in [-0.2, 0) is 6.42 Å². The minimum Gasteiger partial charge on any atom is -0.339 e. The van der Waals surface area contributed by atoms with Gasteiger partial charge in [0.15, 0.2) is 0 Å². The van der Waals surface area contributed by atoms with E-state index >= 15 is 0 Å². The number of halogens is 1. The van der Waals surface area contributed by atoms with Gasteiger partial charge < -0.3 is 9.84 Å². The number of nitrogens with zero attached hydrogens (tertiary/aromatic N) is 2. The van der Waals surface area contributed by atoms with Gasteiger partial charge >= 0.3 is 0 Å². The fourth-order valence-electron chi connectivity index (χ4n) is 1.74. The molecule has 0 saturated carbocycles. The first kappa shape index (κ1) is 13.7. The lowest BCUT2D eigenvalue weighted by molar-refractivity contribution is 0.374. The van der Waals surface area contributed by atoms with Crippen molar-refractivity contribution in [1.82, 2.24) is 15.5 Å². The summed E-state index contributed by atoms with van der Waals surface area (Å²) in [6, 6.07) is 6.89. The van der Waals surface area contributed by atoms with Crippen LogP contribution in [0.1, 0.15) is 26.2 Å². The predicted molar refractivity (Wildman–Crippen MR) is 71.2 cm³/mol. The summed E-state index contributed by atoms with van der Waals surface area (Å²) < 4.78 is 18.7. The van der Waals surface area contributed by atoms with Gasteiger partial charge in [0.2, 0.25) is 11.7 Å². The first-order chi connectivity index (χ1) is 9.16. The zero-order chi connectivity index (χ0) is 13.7. The van der Waals surface area contributed by atoms with Gasteiger partial charge in [0.1, 0.15) is 5.82 Å². The minimum atomic E-state index is -0.337. The first-order valence-electron chi connectivity index (χ1n) is 6.47. The van der Waals surface area contributed by atoms with Crippen molar-refractivity contribution < 1.29 is 8.91 Å². The van der Waals surface area contributed by atoms with Gasteiger partial charge in [-0.05, 0) is 25.1 Å². The molecule has 102 valence electrons. The molecule has 1 N–H and O–H groups in total. The number of rotatable bonds is 6. The van der Waals surface area contributed by atoms with Gasteiger partial charge in [0, 0.05) is 12.5 Å². The normalized spacial score (nSPS) is 11.2. The van der Waals surface area contributed by atoms with E-state index < -0.39 is 0 Å². The zero-order valence-electron chi connectivity index (χ0n) is 11.2. The third-order valence-electron chi connectivity index (χ3n) is 2.70. The summed E-state index contributed by atoms with van der Waals surface area (Å²) in [5, 5.41) is 7.13. The van der Waals surface area contributed by atoms with Crippen LogP contribution in [0.25, 0.3) is 11.4 Å². The van der Waals surface area contributed by atoms with Crippen LogP contribution in [0.4, 0.5) is 4.39 Å². The van der Waals surface area contributed by atoms with Crippen LogP contribution < -0.4 is 5.32 Å². The lowest BCUT2D eigenvalue weighted by Gasteiger charge is -2.05. The number of hydrogen-bond acceptors (Lipinski definition) is 4. The van der Waals surface area contributed by atoms with E-state index in [0.717, 1.165) is 13.0 Å². The fraction of sp³-hybridized carbons (Fsp3) is 0.429.